The molecule has 0 atom stereocenters. The van der Waals surface area contributed by atoms with Gasteiger partial charge in [0.1, 0.15) is 0 Å². The van der Waals surface area contributed by atoms with E-state index in [1.54, 1.807) is 0 Å². The van der Waals surface area contributed by atoms with E-state index in [0.29, 0.717) is 0 Å². The van der Waals surface area contributed by atoms with E-state index in [-0.39, 0.29) is 58.6 Å². The first-order valence-corrected chi connectivity index (χ1v) is 4.61. The predicted molar refractivity (Wildman–Crippen MR) is 56.4 cm³/mol. The van der Waals surface area contributed by atoms with Crippen molar-refractivity contribution in [1.82, 2.24) is 0 Å². The van der Waals surface area contributed by atoms with Crippen molar-refractivity contribution in [2.45, 2.75) is 0 Å². The number of hydrogen-bond donors (Lipinski definition) is 0. The maximum Gasteiger partial charge on any atom is 1.00 e. The minimum Gasteiger partial charge on any atom is -1.00 e. The number of hydrogen-bond acceptors (Lipinski definition) is 1. The molecule has 2 aromatic rings. The minimum atomic E-state index is 0. The Kier molecular flexibility index (Phi) is 3.23. The van der Waals surface area contributed by atoms with Gasteiger partial charge in [0, 0.05) is 11.1 Å². The van der Waals surface area contributed by atoms with Crippen LogP contribution in [-0.2, 0) is 0 Å². The maximum atomic E-state index is 11.9. The Morgan fingerprint density at radius 1 is 0.667 bits per heavy atom. The molecule has 68 valence electrons. The zero-order chi connectivity index (χ0) is 9.54. The summed E-state index contributed by atoms with van der Waals surface area (Å²) >= 11 is 0. The smallest absolute Gasteiger partial charge is 1.00 e. The molecule has 0 spiro atoms. The molecule has 0 aliphatic heterocycles. The van der Waals surface area contributed by atoms with E-state index in [4.69, 9.17) is 0 Å². The summed E-state index contributed by atoms with van der Waals surface area (Å²) in [5, 5.41) is 0. The van der Waals surface area contributed by atoms with Crippen molar-refractivity contribution in [1.29, 1.82) is 0 Å². The van der Waals surface area contributed by atoms with Gasteiger partial charge in [-0.15, -0.1) is 0 Å². The average Bonchev–Trinajstić information content (AvgIpc) is 2.55. The Hall–Kier alpha value is -0.254. The third-order valence-electron chi connectivity index (χ3n) is 2.63. The maximum absolute atomic E-state index is 11.9. The Bertz CT molecular complexity index is 489. The molecular formula is C13H9KO. The van der Waals surface area contributed by atoms with Crippen molar-refractivity contribution in [3.8, 4) is 11.1 Å². The monoisotopic (exact) mass is 220 g/mol. The topological polar surface area (TPSA) is 17.1 Å². The third kappa shape index (κ3) is 1.67. The number of ketones is 1. The molecule has 2 heteroatoms. The quantitative estimate of drug-likeness (QED) is 0.488. The van der Waals surface area contributed by atoms with Crippen LogP contribution in [0.1, 0.15) is 17.3 Å². The molecule has 0 saturated heterocycles. The summed E-state index contributed by atoms with van der Waals surface area (Å²) in [4.78, 5) is 11.9. The number of carbonyl (C=O) groups is 1. The van der Waals surface area contributed by atoms with Crippen LogP contribution in [0.2, 0.25) is 0 Å². The summed E-state index contributed by atoms with van der Waals surface area (Å²) < 4.78 is 0. The van der Waals surface area contributed by atoms with Gasteiger partial charge in [-0.3, -0.25) is 4.79 Å². The third-order valence-corrected chi connectivity index (χ3v) is 2.63. The van der Waals surface area contributed by atoms with Crippen LogP contribution in [-0.4, -0.2) is 5.78 Å². The summed E-state index contributed by atoms with van der Waals surface area (Å²) in [7, 11) is 0. The number of benzene rings is 2. The van der Waals surface area contributed by atoms with Gasteiger partial charge < -0.3 is 1.43 Å². The van der Waals surface area contributed by atoms with Gasteiger partial charge in [0.25, 0.3) is 0 Å². The number of rotatable bonds is 0. The minimum absolute atomic E-state index is 0. The molecule has 2 aromatic carbocycles. The van der Waals surface area contributed by atoms with Gasteiger partial charge >= 0.3 is 51.4 Å². The van der Waals surface area contributed by atoms with Crippen LogP contribution in [0.25, 0.3) is 11.1 Å². The summed E-state index contributed by atoms with van der Waals surface area (Å²) in [5.41, 5.74) is 3.78. The Morgan fingerprint density at radius 2 is 1.00 bits per heavy atom. The SMILES string of the molecule is O=C1c2ccccc2-c2ccccc21.[H-].[K+]. The van der Waals surface area contributed by atoms with E-state index in [1.165, 1.54) is 0 Å². The Morgan fingerprint density at radius 3 is 1.40 bits per heavy atom. The second-order valence-electron chi connectivity index (χ2n) is 3.42. The van der Waals surface area contributed by atoms with Crippen molar-refractivity contribution in [3.63, 3.8) is 0 Å². The first kappa shape index (κ1) is 11.2. The van der Waals surface area contributed by atoms with Crippen LogP contribution in [0.15, 0.2) is 48.5 Å². The summed E-state index contributed by atoms with van der Waals surface area (Å²) in [5.74, 6) is 0.149. The molecule has 0 aromatic heterocycles. The molecule has 15 heavy (non-hydrogen) atoms. The average molecular weight is 220 g/mol. The second-order valence-corrected chi connectivity index (χ2v) is 3.42. The van der Waals surface area contributed by atoms with Gasteiger partial charge in [0.05, 0.1) is 0 Å². The molecule has 0 N–H and O–H groups in total. The van der Waals surface area contributed by atoms with Crippen LogP contribution in [0.4, 0.5) is 0 Å². The standard InChI is InChI=1S/C13H8O.K.H/c14-13-11-7-3-1-5-9(11)10-6-2-4-8-12(10)13;;/h1-8H;;/q;+1;-1. The fraction of sp³-hybridized carbons (Fsp3) is 0. The normalized spacial score (nSPS) is 11.6. The van der Waals surface area contributed by atoms with E-state index < -0.39 is 0 Å². The molecule has 1 aliphatic carbocycles. The van der Waals surface area contributed by atoms with Gasteiger partial charge in [-0.05, 0) is 11.1 Å². The molecule has 0 heterocycles. The van der Waals surface area contributed by atoms with E-state index in [2.05, 4.69) is 0 Å². The molecule has 3 rings (SSSR count). The molecule has 1 nitrogen and oxygen atoms in total. The van der Waals surface area contributed by atoms with Crippen molar-refractivity contribution in [2.75, 3.05) is 0 Å². The molecule has 0 radical (unpaired) electrons. The van der Waals surface area contributed by atoms with Crippen LogP contribution in [0.5, 0.6) is 0 Å². The molecule has 0 fully saturated rings. The molecular weight excluding hydrogens is 211 g/mol. The van der Waals surface area contributed by atoms with E-state index >= 15 is 0 Å². The summed E-state index contributed by atoms with van der Waals surface area (Å²) in [6.07, 6.45) is 0. The molecule has 0 amide bonds. The van der Waals surface area contributed by atoms with Gasteiger partial charge in [-0.2, -0.15) is 0 Å². The number of carbonyl (C=O) groups excluding carboxylic acids is 1. The predicted octanol–water partition coefficient (Wildman–Crippen LogP) is 0.0145. The van der Waals surface area contributed by atoms with Crippen molar-refractivity contribution in [3.05, 3.63) is 59.7 Å². The zero-order valence-corrected chi connectivity index (χ0v) is 11.7. The van der Waals surface area contributed by atoms with Crippen LogP contribution in [0, 0.1) is 0 Å². The van der Waals surface area contributed by atoms with E-state index in [1.807, 2.05) is 48.5 Å². The van der Waals surface area contributed by atoms with Gasteiger partial charge in [-0.25, -0.2) is 0 Å². The van der Waals surface area contributed by atoms with Gasteiger partial charge in [-0.1, -0.05) is 48.5 Å². The fourth-order valence-corrected chi connectivity index (χ4v) is 1.98. The number of fused-ring (bicyclic) bond motifs is 3. The Labute approximate surface area is 132 Å². The molecule has 1 aliphatic rings. The molecule has 0 bridgehead atoms. The van der Waals surface area contributed by atoms with E-state index in [0.717, 1.165) is 22.3 Å². The largest absolute Gasteiger partial charge is 1.00 e. The Balaban J connectivity index is 0.000000640. The summed E-state index contributed by atoms with van der Waals surface area (Å²) in [6.45, 7) is 0. The van der Waals surface area contributed by atoms with Crippen LogP contribution in [0.3, 0.4) is 0 Å². The van der Waals surface area contributed by atoms with E-state index in [9.17, 15) is 4.79 Å². The molecule has 0 saturated carbocycles. The molecule has 0 unspecified atom stereocenters. The van der Waals surface area contributed by atoms with Crippen molar-refractivity contribution < 1.29 is 57.6 Å². The van der Waals surface area contributed by atoms with Gasteiger partial charge in [0.2, 0.25) is 0 Å². The fourth-order valence-electron chi connectivity index (χ4n) is 1.98. The first-order valence-electron chi connectivity index (χ1n) is 4.61. The van der Waals surface area contributed by atoms with Crippen molar-refractivity contribution >= 4 is 5.78 Å². The van der Waals surface area contributed by atoms with Crippen LogP contribution < -0.4 is 51.4 Å². The summed E-state index contributed by atoms with van der Waals surface area (Å²) in [6, 6.07) is 15.5. The van der Waals surface area contributed by atoms with Gasteiger partial charge in [0.15, 0.2) is 5.78 Å². The first-order chi connectivity index (χ1) is 6.88. The second kappa shape index (κ2) is 4.32. The van der Waals surface area contributed by atoms with Crippen LogP contribution >= 0.6 is 0 Å². The van der Waals surface area contributed by atoms with Crippen molar-refractivity contribution in [2.24, 2.45) is 0 Å². The zero-order valence-electron chi connectivity index (χ0n) is 9.53.